The summed E-state index contributed by atoms with van der Waals surface area (Å²) in [6.45, 7) is 0.177. The Morgan fingerprint density at radius 2 is 1.63 bits per heavy atom. The maximum Gasteiger partial charge on any atom is 0.577 e. The van der Waals surface area contributed by atoms with Crippen molar-refractivity contribution in [2.75, 3.05) is 20.8 Å². The summed E-state index contributed by atoms with van der Waals surface area (Å²) < 4.78 is 66.7. The third-order valence-electron chi connectivity index (χ3n) is 2.32. The summed E-state index contributed by atoms with van der Waals surface area (Å²) in [4.78, 5) is 0. The molecule has 1 radical (unpaired) electrons. The minimum absolute atomic E-state index is 0.0164. The van der Waals surface area contributed by atoms with Gasteiger partial charge in [-0.15, -0.1) is 0 Å². The van der Waals surface area contributed by atoms with Crippen molar-refractivity contribution >= 4 is 9.53 Å². The Morgan fingerprint density at radius 1 is 1.00 bits per heavy atom. The second kappa shape index (κ2) is 7.58. The van der Waals surface area contributed by atoms with Gasteiger partial charge in [0.2, 0.25) is 0 Å². The Bertz CT molecular complexity index is 427. The van der Waals surface area contributed by atoms with E-state index in [-0.39, 0.29) is 18.6 Å². The van der Waals surface area contributed by atoms with Crippen LogP contribution in [0.4, 0.5) is 17.6 Å². The highest BCUT2D eigenvalue weighted by atomic mass is 28.3. The Kier molecular flexibility index (Phi) is 6.42. The van der Waals surface area contributed by atoms with E-state index >= 15 is 0 Å². The monoisotopic (exact) mass is 297 g/mol. The molecule has 0 spiro atoms. The summed E-state index contributed by atoms with van der Waals surface area (Å²) in [6.07, 6.45) is 0.310. The lowest BCUT2D eigenvalue weighted by Gasteiger charge is -2.10. The minimum Gasteiger partial charge on any atom is -0.375 e. The van der Waals surface area contributed by atoms with E-state index in [0.29, 0.717) is 12.5 Å². The second-order valence-corrected chi connectivity index (χ2v) is 5.17. The van der Waals surface area contributed by atoms with Gasteiger partial charge < -0.3 is 13.3 Å². The molecule has 0 saturated heterocycles. The normalized spacial score (nSPS) is 11.3. The van der Waals surface area contributed by atoms with Crippen molar-refractivity contribution in [2.45, 2.75) is 12.8 Å². The standard InChI is InChI=1S/C11H13F4O3Si/c1-16-19(17-2)18-5-3-4-7-6-8(12)10(14)11(15)9(7)13/h6H,3-5H2,1-2H3. The van der Waals surface area contributed by atoms with Gasteiger partial charge in [-0.1, -0.05) is 0 Å². The highest BCUT2D eigenvalue weighted by molar-refractivity contribution is 6.36. The van der Waals surface area contributed by atoms with Gasteiger partial charge in [-0.05, 0) is 24.5 Å². The fourth-order valence-electron chi connectivity index (χ4n) is 1.42. The highest BCUT2D eigenvalue weighted by Crippen LogP contribution is 2.19. The van der Waals surface area contributed by atoms with Crippen molar-refractivity contribution in [1.82, 2.24) is 0 Å². The zero-order valence-corrected chi connectivity index (χ0v) is 11.4. The van der Waals surface area contributed by atoms with Crippen LogP contribution in [0.25, 0.3) is 0 Å². The zero-order valence-electron chi connectivity index (χ0n) is 10.4. The Balaban J connectivity index is 2.55. The summed E-state index contributed by atoms with van der Waals surface area (Å²) in [6, 6.07) is 0.645. The number of hydrogen-bond donors (Lipinski definition) is 0. The van der Waals surface area contributed by atoms with Gasteiger partial charge in [0.1, 0.15) is 0 Å². The number of hydrogen-bond acceptors (Lipinski definition) is 3. The van der Waals surface area contributed by atoms with E-state index < -0.39 is 32.8 Å². The van der Waals surface area contributed by atoms with Crippen LogP contribution in [0.2, 0.25) is 0 Å². The molecule has 0 amide bonds. The molecule has 0 aliphatic rings. The molecule has 0 saturated carbocycles. The molecule has 0 aromatic heterocycles. The van der Waals surface area contributed by atoms with Gasteiger partial charge in [-0.3, -0.25) is 0 Å². The van der Waals surface area contributed by atoms with Gasteiger partial charge in [0, 0.05) is 20.8 Å². The quantitative estimate of drug-likeness (QED) is 0.254. The van der Waals surface area contributed by atoms with E-state index in [1.165, 1.54) is 14.2 Å². The van der Waals surface area contributed by atoms with Crippen molar-refractivity contribution in [3.05, 3.63) is 34.9 Å². The lowest BCUT2D eigenvalue weighted by atomic mass is 10.1. The minimum atomic E-state index is -1.81. The van der Waals surface area contributed by atoms with Crippen LogP contribution >= 0.6 is 0 Å². The molecule has 8 heteroatoms. The molecule has 0 N–H and O–H groups in total. The van der Waals surface area contributed by atoms with Crippen molar-refractivity contribution < 1.29 is 30.8 Å². The Hall–Kier alpha value is -0.963. The first kappa shape index (κ1) is 16.1. The van der Waals surface area contributed by atoms with E-state index in [1.807, 2.05) is 0 Å². The molecule has 0 atom stereocenters. The van der Waals surface area contributed by atoms with Gasteiger partial charge in [-0.25, -0.2) is 17.6 Å². The molecule has 0 aliphatic heterocycles. The summed E-state index contributed by atoms with van der Waals surface area (Å²) in [5.74, 6) is -6.38. The summed E-state index contributed by atoms with van der Waals surface area (Å²) in [5, 5.41) is 0. The van der Waals surface area contributed by atoms with Crippen molar-refractivity contribution in [3.63, 3.8) is 0 Å². The number of benzene rings is 1. The lowest BCUT2D eigenvalue weighted by molar-refractivity contribution is 0.134. The molecule has 19 heavy (non-hydrogen) atoms. The molecule has 3 nitrogen and oxygen atoms in total. The molecule has 1 aromatic rings. The summed E-state index contributed by atoms with van der Waals surface area (Å²) in [5.41, 5.74) is -0.233. The topological polar surface area (TPSA) is 27.7 Å². The first-order chi connectivity index (χ1) is 9.01. The maximum absolute atomic E-state index is 13.3. The van der Waals surface area contributed by atoms with Gasteiger partial charge >= 0.3 is 9.53 Å². The van der Waals surface area contributed by atoms with Crippen molar-refractivity contribution in [2.24, 2.45) is 0 Å². The van der Waals surface area contributed by atoms with Crippen LogP contribution in [0, 0.1) is 23.3 Å². The number of rotatable bonds is 7. The van der Waals surface area contributed by atoms with E-state index in [9.17, 15) is 17.6 Å². The average molecular weight is 297 g/mol. The molecular weight excluding hydrogens is 284 g/mol. The maximum atomic E-state index is 13.3. The molecule has 0 unspecified atom stereocenters. The molecule has 0 bridgehead atoms. The molecule has 107 valence electrons. The second-order valence-electron chi connectivity index (χ2n) is 3.57. The highest BCUT2D eigenvalue weighted by Gasteiger charge is 2.19. The van der Waals surface area contributed by atoms with E-state index in [4.69, 9.17) is 13.3 Å². The van der Waals surface area contributed by atoms with Gasteiger partial charge in [0.25, 0.3) is 0 Å². The van der Waals surface area contributed by atoms with Crippen LogP contribution < -0.4 is 0 Å². The van der Waals surface area contributed by atoms with Crippen molar-refractivity contribution in [3.8, 4) is 0 Å². The van der Waals surface area contributed by atoms with E-state index in [2.05, 4.69) is 0 Å². The van der Waals surface area contributed by atoms with Crippen molar-refractivity contribution in [1.29, 1.82) is 0 Å². The lowest BCUT2D eigenvalue weighted by Crippen LogP contribution is -2.24. The molecule has 0 fully saturated rings. The molecular formula is C11H13F4O3Si. The molecule has 1 rings (SSSR count). The molecule has 1 aromatic carbocycles. The third kappa shape index (κ3) is 4.27. The predicted octanol–water partition coefficient (Wildman–Crippen LogP) is 2.47. The van der Waals surface area contributed by atoms with Crippen LogP contribution in [-0.4, -0.2) is 30.4 Å². The fraction of sp³-hybridized carbons (Fsp3) is 0.455. The van der Waals surface area contributed by atoms with E-state index in [0.717, 1.165) is 0 Å². The van der Waals surface area contributed by atoms with Crippen LogP contribution in [0.3, 0.4) is 0 Å². The first-order valence-corrected chi connectivity index (χ1v) is 6.63. The SMILES string of the molecule is CO[Si](OC)OCCCc1cc(F)c(F)c(F)c1F. The fourth-order valence-corrected chi connectivity index (χ4v) is 2.14. The van der Waals surface area contributed by atoms with Crippen LogP contribution in [0.15, 0.2) is 6.07 Å². The van der Waals surface area contributed by atoms with Crippen LogP contribution in [0.1, 0.15) is 12.0 Å². The van der Waals surface area contributed by atoms with Crippen LogP contribution in [0.5, 0.6) is 0 Å². The molecule has 0 aliphatic carbocycles. The third-order valence-corrected chi connectivity index (χ3v) is 3.43. The first-order valence-electron chi connectivity index (χ1n) is 5.40. The zero-order chi connectivity index (χ0) is 14.4. The average Bonchev–Trinajstić information content (AvgIpc) is 2.42. The Labute approximate surface area is 110 Å². The number of halogens is 4. The molecule has 0 heterocycles. The van der Waals surface area contributed by atoms with Gasteiger partial charge in [0.15, 0.2) is 23.3 Å². The van der Waals surface area contributed by atoms with E-state index in [1.54, 1.807) is 0 Å². The Morgan fingerprint density at radius 3 is 2.21 bits per heavy atom. The van der Waals surface area contributed by atoms with Crippen LogP contribution in [-0.2, 0) is 19.7 Å². The number of aryl methyl sites for hydroxylation is 1. The smallest absolute Gasteiger partial charge is 0.375 e. The summed E-state index contributed by atoms with van der Waals surface area (Å²) >= 11 is 0. The summed E-state index contributed by atoms with van der Waals surface area (Å²) in [7, 11) is 1.03. The predicted molar refractivity (Wildman–Crippen MR) is 60.3 cm³/mol. The van der Waals surface area contributed by atoms with Gasteiger partial charge in [-0.2, -0.15) is 0 Å². The largest absolute Gasteiger partial charge is 0.577 e. The van der Waals surface area contributed by atoms with Gasteiger partial charge in [0.05, 0.1) is 0 Å².